The molecule has 106 valence electrons. The quantitative estimate of drug-likeness (QED) is 0.747. The van der Waals surface area contributed by atoms with Crippen molar-refractivity contribution >= 4 is 44.1 Å². The van der Waals surface area contributed by atoms with Crippen LogP contribution in [0.25, 0.3) is 10.9 Å². The molecule has 0 fully saturated rings. The molecule has 0 aliphatic heterocycles. The fourth-order valence-corrected chi connectivity index (χ4v) is 2.09. The van der Waals surface area contributed by atoms with Crippen LogP contribution in [0.4, 0.5) is 11.4 Å². The van der Waals surface area contributed by atoms with Gasteiger partial charge in [-0.25, -0.2) is 0 Å². The Labute approximate surface area is 125 Å². The summed E-state index contributed by atoms with van der Waals surface area (Å²) in [6.07, 6.45) is 1.71. The SMILES string of the molecule is CC(C)(CNc1ccc(N)c2cc(Br)cnc12)C(N)=O. The molecule has 0 saturated carbocycles. The summed E-state index contributed by atoms with van der Waals surface area (Å²) in [5, 5.41) is 4.08. The molecule has 1 heterocycles. The van der Waals surface area contributed by atoms with Gasteiger partial charge in [-0.15, -0.1) is 0 Å². The maximum absolute atomic E-state index is 11.3. The normalized spacial score (nSPS) is 11.6. The van der Waals surface area contributed by atoms with Crippen molar-refractivity contribution < 1.29 is 4.79 Å². The van der Waals surface area contributed by atoms with E-state index in [1.807, 2.05) is 18.2 Å². The molecule has 1 aromatic carbocycles. The highest BCUT2D eigenvalue weighted by Gasteiger charge is 2.24. The van der Waals surface area contributed by atoms with Gasteiger partial charge in [-0.2, -0.15) is 0 Å². The van der Waals surface area contributed by atoms with Gasteiger partial charge in [0, 0.05) is 28.3 Å². The van der Waals surface area contributed by atoms with E-state index >= 15 is 0 Å². The molecule has 0 spiro atoms. The van der Waals surface area contributed by atoms with Gasteiger partial charge in [0.2, 0.25) is 5.91 Å². The minimum Gasteiger partial charge on any atom is -0.398 e. The molecule has 0 bridgehead atoms. The topological polar surface area (TPSA) is 94.0 Å². The van der Waals surface area contributed by atoms with Crippen LogP contribution < -0.4 is 16.8 Å². The molecule has 2 aromatic rings. The van der Waals surface area contributed by atoms with Gasteiger partial charge in [0.05, 0.1) is 16.6 Å². The average Bonchev–Trinajstić information content (AvgIpc) is 2.38. The van der Waals surface area contributed by atoms with E-state index in [1.54, 1.807) is 20.0 Å². The fourth-order valence-electron chi connectivity index (χ4n) is 1.76. The number of nitrogens with two attached hydrogens (primary N) is 2. The number of amides is 1. The summed E-state index contributed by atoms with van der Waals surface area (Å²) in [4.78, 5) is 15.7. The molecule has 0 radical (unpaired) electrons. The summed E-state index contributed by atoms with van der Waals surface area (Å²) in [5.41, 5.74) is 13.0. The number of hydrogen-bond donors (Lipinski definition) is 3. The van der Waals surface area contributed by atoms with Crippen LogP contribution in [0.15, 0.2) is 28.9 Å². The summed E-state index contributed by atoms with van der Waals surface area (Å²) in [6, 6.07) is 5.59. The van der Waals surface area contributed by atoms with Crippen molar-refractivity contribution in [2.45, 2.75) is 13.8 Å². The highest BCUT2D eigenvalue weighted by molar-refractivity contribution is 9.10. The summed E-state index contributed by atoms with van der Waals surface area (Å²) in [5.74, 6) is -0.347. The number of hydrogen-bond acceptors (Lipinski definition) is 4. The van der Waals surface area contributed by atoms with E-state index in [2.05, 4.69) is 26.2 Å². The molecule has 6 heteroatoms. The monoisotopic (exact) mass is 336 g/mol. The first kappa shape index (κ1) is 14.6. The van der Waals surface area contributed by atoms with E-state index in [0.717, 1.165) is 21.1 Å². The van der Waals surface area contributed by atoms with E-state index in [-0.39, 0.29) is 5.91 Å². The number of primary amides is 1. The van der Waals surface area contributed by atoms with Gasteiger partial charge in [-0.3, -0.25) is 9.78 Å². The van der Waals surface area contributed by atoms with Crippen molar-refractivity contribution in [1.29, 1.82) is 0 Å². The molecular weight excluding hydrogens is 320 g/mol. The van der Waals surface area contributed by atoms with Crippen LogP contribution in [-0.4, -0.2) is 17.4 Å². The Kier molecular flexibility index (Phi) is 3.85. The number of carbonyl (C=O) groups excluding carboxylic acids is 1. The van der Waals surface area contributed by atoms with E-state index in [9.17, 15) is 4.79 Å². The van der Waals surface area contributed by atoms with Gasteiger partial charge in [0.15, 0.2) is 0 Å². The van der Waals surface area contributed by atoms with Crippen LogP contribution in [0, 0.1) is 5.41 Å². The number of pyridine rings is 1. The lowest BCUT2D eigenvalue weighted by molar-refractivity contribution is -0.125. The van der Waals surface area contributed by atoms with E-state index < -0.39 is 5.41 Å². The maximum Gasteiger partial charge on any atom is 0.224 e. The minimum absolute atomic E-state index is 0.347. The zero-order chi connectivity index (χ0) is 14.9. The van der Waals surface area contributed by atoms with Gasteiger partial charge in [0.1, 0.15) is 0 Å². The molecule has 0 saturated heterocycles. The van der Waals surface area contributed by atoms with Crippen LogP contribution in [-0.2, 0) is 4.79 Å². The molecule has 1 amide bonds. The molecule has 0 unspecified atom stereocenters. The van der Waals surface area contributed by atoms with Crippen LogP contribution in [0.3, 0.4) is 0 Å². The van der Waals surface area contributed by atoms with Crippen molar-refractivity contribution in [2.75, 3.05) is 17.6 Å². The Hall–Kier alpha value is -1.82. The third-order valence-corrected chi connectivity index (χ3v) is 3.67. The van der Waals surface area contributed by atoms with Crippen molar-refractivity contribution in [3.05, 3.63) is 28.9 Å². The Bertz CT molecular complexity index is 670. The second kappa shape index (κ2) is 5.28. The molecule has 2 rings (SSSR count). The van der Waals surface area contributed by atoms with Gasteiger partial charge < -0.3 is 16.8 Å². The summed E-state index contributed by atoms with van der Waals surface area (Å²) >= 11 is 3.38. The highest BCUT2D eigenvalue weighted by atomic mass is 79.9. The number of halogens is 1. The zero-order valence-corrected chi connectivity index (χ0v) is 13.0. The predicted molar refractivity (Wildman–Crippen MR) is 85.3 cm³/mol. The number of nitrogens with one attached hydrogen (secondary N) is 1. The standard InChI is InChI=1S/C14H17BrN4O/c1-14(2,13(17)20)7-19-11-4-3-10(16)9-5-8(15)6-18-12(9)11/h3-6,19H,7,16H2,1-2H3,(H2,17,20). The number of aromatic nitrogens is 1. The zero-order valence-electron chi connectivity index (χ0n) is 11.4. The number of nitrogen functional groups attached to an aromatic ring is 1. The Morgan fingerprint density at radius 2 is 2.15 bits per heavy atom. The van der Waals surface area contributed by atoms with Crippen molar-refractivity contribution in [1.82, 2.24) is 4.98 Å². The first-order valence-electron chi connectivity index (χ1n) is 6.19. The van der Waals surface area contributed by atoms with Crippen molar-refractivity contribution in [3.63, 3.8) is 0 Å². The minimum atomic E-state index is -0.636. The number of rotatable bonds is 4. The Morgan fingerprint density at radius 1 is 1.45 bits per heavy atom. The second-order valence-corrected chi connectivity index (χ2v) is 6.27. The van der Waals surface area contributed by atoms with E-state index in [0.29, 0.717) is 12.2 Å². The third kappa shape index (κ3) is 2.85. The van der Waals surface area contributed by atoms with Gasteiger partial charge >= 0.3 is 0 Å². The number of benzene rings is 1. The van der Waals surface area contributed by atoms with Crippen LogP contribution in [0.1, 0.15) is 13.8 Å². The van der Waals surface area contributed by atoms with Crippen LogP contribution in [0.2, 0.25) is 0 Å². The molecule has 1 aromatic heterocycles. The smallest absolute Gasteiger partial charge is 0.224 e. The number of nitrogens with zero attached hydrogens (tertiary/aromatic N) is 1. The lowest BCUT2D eigenvalue weighted by Crippen LogP contribution is -2.37. The lowest BCUT2D eigenvalue weighted by atomic mass is 9.92. The third-order valence-electron chi connectivity index (χ3n) is 3.24. The summed E-state index contributed by atoms with van der Waals surface area (Å²) < 4.78 is 0.867. The molecule has 0 aliphatic carbocycles. The molecular formula is C14H17BrN4O. The van der Waals surface area contributed by atoms with E-state index in [1.165, 1.54) is 0 Å². The molecule has 5 N–H and O–H groups in total. The largest absolute Gasteiger partial charge is 0.398 e. The number of anilines is 2. The van der Waals surface area contributed by atoms with Crippen molar-refractivity contribution in [2.24, 2.45) is 11.1 Å². The average molecular weight is 337 g/mol. The molecule has 0 atom stereocenters. The van der Waals surface area contributed by atoms with Crippen LogP contribution in [0.5, 0.6) is 0 Å². The van der Waals surface area contributed by atoms with Crippen molar-refractivity contribution in [3.8, 4) is 0 Å². The van der Waals surface area contributed by atoms with Gasteiger partial charge in [0.25, 0.3) is 0 Å². The maximum atomic E-state index is 11.3. The lowest BCUT2D eigenvalue weighted by Gasteiger charge is -2.22. The fraction of sp³-hybridized carbons (Fsp3) is 0.286. The Morgan fingerprint density at radius 3 is 2.80 bits per heavy atom. The second-order valence-electron chi connectivity index (χ2n) is 5.35. The van der Waals surface area contributed by atoms with Gasteiger partial charge in [-0.05, 0) is 48.0 Å². The van der Waals surface area contributed by atoms with E-state index in [4.69, 9.17) is 11.5 Å². The number of carbonyl (C=O) groups is 1. The Balaban J connectivity index is 2.36. The predicted octanol–water partition coefficient (Wildman–Crippen LogP) is 2.50. The molecule has 20 heavy (non-hydrogen) atoms. The van der Waals surface area contributed by atoms with Crippen LogP contribution >= 0.6 is 15.9 Å². The van der Waals surface area contributed by atoms with Gasteiger partial charge in [-0.1, -0.05) is 0 Å². The molecule has 0 aliphatic rings. The summed E-state index contributed by atoms with van der Waals surface area (Å²) in [6.45, 7) is 4.02. The summed E-state index contributed by atoms with van der Waals surface area (Å²) in [7, 11) is 0. The number of fused-ring (bicyclic) bond motifs is 1. The molecule has 5 nitrogen and oxygen atoms in total. The highest BCUT2D eigenvalue weighted by Crippen LogP contribution is 2.29. The first-order valence-corrected chi connectivity index (χ1v) is 6.98. The first-order chi connectivity index (χ1) is 9.31.